The first-order chi connectivity index (χ1) is 6.22. The Bertz CT molecular complexity index is 279. The maximum atomic E-state index is 11.1. The Morgan fingerprint density at radius 3 is 2.54 bits per heavy atom. The Hall–Kier alpha value is -0.580. The van der Waals surface area contributed by atoms with Crippen molar-refractivity contribution in [2.75, 3.05) is 4.61 Å². The number of benzene rings is 1. The van der Waals surface area contributed by atoms with Gasteiger partial charge in [-0.15, -0.1) is 0 Å². The minimum absolute atomic E-state index is 0.168. The van der Waals surface area contributed by atoms with Crippen LogP contribution in [0.25, 0.3) is 0 Å². The van der Waals surface area contributed by atoms with Crippen LogP contribution in [-0.4, -0.2) is 10.6 Å². The summed E-state index contributed by atoms with van der Waals surface area (Å²) in [6.07, 6.45) is 0.364. The minimum Gasteiger partial charge on any atom is -0.455 e. The average molecular weight is 290 g/mol. The SMILES string of the molecule is Cc1ccc(CC(=O)OCI)cc1. The molecule has 0 bridgehead atoms. The molecule has 0 aliphatic carbocycles. The lowest BCUT2D eigenvalue weighted by Crippen LogP contribution is -2.06. The maximum absolute atomic E-state index is 11.1. The second kappa shape index (κ2) is 5.21. The highest BCUT2D eigenvalue weighted by Gasteiger charge is 2.02. The van der Waals surface area contributed by atoms with Gasteiger partial charge in [0.15, 0.2) is 0 Å². The third-order valence-corrected chi connectivity index (χ3v) is 2.00. The van der Waals surface area contributed by atoms with Crippen molar-refractivity contribution < 1.29 is 9.53 Å². The normalized spacial score (nSPS) is 9.69. The molecule has 0 aliphatic rings. The molecular weight excluding hydrogens is 279 g/mol. The average Bonchev–Trinajstić information content (AvgIpc) is 2.09. The highest BCUT2D eigenvalue weighted by Crippen LogP contribution is 2.04. The predicted octanol–water partition coefficient (Wildman–Crippen LogP) is 2.47. The summed E-state index contributed by atoms with van der Waals surface area (Å²) < 4.78 is 5.24. The number of rotatable bonds is 3. The molecule has 0 aliphatic heterocycles. The highest BCUT2D eigenvalue weighted by molar-refractivity contribution is 14.1. The van der Waals surface area contributed by atoms with Gasteiger partial charge in [0, 0.05) is 0 Å². The van der Waals surface area contributed by atoms with Crippen molar-refractivity contribution in [1.29, 1.82) is 0 Å². The van der Waals surface area contributed by atoms with Crippen molar-refractivity contribution in [3.05, 3.63) is 35.4 Å². The molecule has 0 atom stereocenters. The molecule has 1 aromatic rings. The number of esters is 1. The van der Waals surface area contributed by atoms with Gasteiger partial charge in [0.05, 0.1) is 6.42 Å². The van der Waals surface area contributed by atoms with E-state index in [0.717, 1.165) is 5.56 Å². The monoisotopic (exact) mass is 290 g/mol. The van der Waals surface area contributed by atoms with Gasteiger partial charge >= 0.3 is 5.97 Å². The van der Waals surface area contributed by atoms with Crippen molar-refractivity contribution >= 4 is 28.6 Å². The molecule has 0 radical (unpaired) electrons. The summed E-state index contributed by atoms with van der Waals surface area (Å²) in [5.41, 5.74) is 2.20. The van der Waals surface area contributed by atoms with E-state index in [-0.39, 0.29) is 5.97 Å². The van der Waals surface area contributed by atoms with E-state index in [1.54, 1.807) is 0 Å². The fourth-order valence-electron chi connectivity index (χ4n) is 0.984. The van der Waals surface area contributed by atoms with Crippen LogP contribution in [0.1, 0.15) is 11.1 Å². The zero-order chi connectivity index (χ0) is 9.68. The van der Waals surface area contributed by atoms with Gasteiger partial charge < -0.3 is 4.74 Å². The van der Waals surface area contributed by atoms with Crippen LogP contribution in [-0.2, 0) is 16.0 Å². The summed E-state index contributed by atoms with van der Waals surface area (Å²) in [5, 5.41) is 0. The van der Waals surface area contributed by atoms with Crippen LogP contribution in [0.15, 0.2) is 24.3 Å². The summed E-state index contributed by atoms with van der Waals surface area (Å²) in [6, 6.07) is 7.88. The van der Waals surface area contributed by atoms with Crippen LogP contribution in [0.3, 0.4) is 0 Å². The molecule has 0 spiro atoms. The van der Waals surface area contributed by atoms with Crippen LogP contribution in [0.4, 0.5) is 0 Å². The number of hydrogen-bond acceptors (Lipinski definition) is 2. The fraction of sp³-hybridized carbons (Fsp3) is 0.300. The Morgan fingerprint density at radius 1 is 1.38 bits per heavy atom. The van der Waals surface area contributed by atoms with Crippen molar-refractivity contribution in [2.24, 2.45) is 0 Å². The molecule has 0 aromatic heterocycles. The maximum Gasteiger partial charge on any atom is 0.311 e. The van der Waals surface area contributed by atoms with Crippen LogP contribution < -0.4 is 0 Å². The van der Waals surface area contributed by atoms with Crippen molar-refractivity contribution in [1.82, 2.24) is 0 Å². The van der Waals surface area contributed by atoms with Crippen LogP contribution in [0.2, 0.25) is 0 Å². The lowest BCUT2D eigenvalue weighted by Gasteiger charge is -2.01. The molecule has 70 valence electrons. The van der Waals surface area contributed by atoms with E-state index >= 15 is 0 Å². The Balaban J connectivity index is 2.54. The van der Waals surface area contributed by atoms with E-state index < -0.39 is 0 Å². The van der Waals surface area contributed by atoms with Gasteiger partial charge in [-0.2, -0.15) is 0 Å². The summed E-state index contributed by atoms with van der Waals surface area (Å²) >= 11 is 2.01. The lowest BCUT2D eigenvalue weighted by molar-refractivity contribution is -0.140. The van der Waals surface area contributed by atoms with E-state index in [1.807, 2.05) is 53.8 Å². The number of ether oxygens (including phenoxy) is 1. The largest absolute Gasteiger partial charge is 0.455 e. The molecule has 3 heteroatoms. The van der Waals surface area contributed by atoms with E-state index in [4.69, 9.17) is 4.74 Å². The van der Waals surface area contributed by atoms with Gasteiger partial charge in [-0.3, -0.25) is 4.79 Å². The Kier molecular flexibility index (Phi) is 4.21. The molecule has 0 N–H and O–H groups in total. The number of aryl methyl sites for hydroxylation is 1. The summed E-state index contributed by atoms with van der Waals surface area (Å²) in [5.74, 6) is -0.168. The first kappa shape index (κ1) is 10.5. The predicted molar refractivity (Wildman–Crippen MR) is 59.9 cm³/mol. The van der Waals surface area contributed by atoms with Crippen molar-refractivity contribution in [2.45, 2.75) is 13.3 Å². The second-order valence-electron chi connectivity index (χ2n) is 2.79. The first-order valence-electron chi connectivity index (χ1n) is 3.99. The van der Waals surface area contributed by atoms with Gasteiger partial charge in [-0.05, 0) is 35.1 Å². The molecular formula is C10H11IO2. The molecule has 0 unspecified atom stereocenters. The number of carbonyl (C=O) groups excluding carboxylic acids is 1. The van der Waals surface area contributed by atoms with Crippen LogP contribution in [0, 0.1) is 6.92 Å². The lowest BCUT2D eigenvalue weighted by atomic mass is 10.1. The smallest absolute Gasteiger partial charge is 0.311 e. The minimum atomic E-state index is -0.168. The molecule has 0 saturated heterocycles. The first-order valence-corrected chi connectivity index (χ1v) is 5.52. The third kappa shape index (κ3) is 3.76. The molecule has 0 fully saturated rings. The molecule has 0 heterocycles. The zero-order valence-corrected chi connectivity index (χ0v) is 9.58. The van der Waals surface area contributed by atoms with E-state index in [2.05, 4.69) is 0 Å². The number of alkyl halides is 1. The van der Waals surface area contributed by atoms with Gasteiger partial charge in [0.1, 0.15) is 4.61 Å². The summed E-state index contributed by atoms with van der Waals surface area (Å²) in [6.45, 7) is 2.02. The fourth-order valence-corrected chi connectivity index (χ4v) is 1.33. The van der Waals surface area contributed by atoms with E-state index in [0.29, 0.717) is 11.0 Å². The molecule has 1 aromatic carbocycles. The summed E-state index contributed by atoms with van der Waals surface area (Å²) in [4.78, 5) is 11.1. The van der Waals surface area contributed by atoms with Gasteiger partial charge in [0.25, 0.3) is 0 Å². The molecule has 13 heavy (non-hydrogen) atoms. The van der Waals surface area contributed by atoms with Crippen LogP contribution in [0.5, 0.6) is 0 Å². The van der Waals surface area contributed by atoms with Gasteiger partial charge in [-0.1, -0.05) is 29.8 Å². The number of hydrogen-bond donors (Lipinski definition) is 0. The van der Waals surface area contributed by atoms with E-state index in [9.17, 15) is 4.79 Å². The van der Waals surface area contributed by atoms with Gasteiger partial charge in [-0.25, -0.2) is 0 Å². The second-order valence-corrected chi connectivity index (χ2v) is 3.41. The van der Waals surface area contributed by atoms with Crippen LogP contribution >= 0.6 is 22.6 Å². The molecule has 1 rings (SSSR count). The molecule has 0 saturated carbocycles. The topological polar surface area (TPSA) is 26.3 Å². The Labute approximate surface area is 91.4 Å². The van der Waals surface area contributed by atoms with E-state index in [1.165, 1.54) is 5.56 Å². The van der Waals surface area contributed by atoms with Crippen molar-refractivity contribution in [3.8, 4) is 0 Å². The van der Waals surface area contributed by atoms with Gasteiger partial charge in [0.2, 0.25) is 0 Å². The quantitative estimate of drug-likeness (QED) is 0.485. The Morgan fingerprint density at radius 2 is 2.00 bits per heavy atom. The highest BCUT2D eigenvalue weighted by atomic mass is 127. The summed E-state index contributed by atoms with van der Waals surface area (Å²) in [7, 11) is 0. The standard InChI is InChI=1S/C10H11IO2/c1-8-2-4-9(5-3-8)6-10(12)13-7-11/h2-5H,6-7H2,1H3. The zero-order valence-electron chi connectivity index (χ0n) is 7.42. The van der Waals surface area contributed by atoms with Crippen molar-refractivity contribution in [3.63, 3.8) is 0 Å². The molecule has 0 amide bonds. The molecule has 2 nitrogen and oxygen atoms in total. The number of halogens is 1. The third-order valence-electron chi connectivity index (χ3n) is 1.68. The number of carbonyl (C=O) groups is 1.